The molecule has 0 spiro atoms. The van der Waals surface area contributed by atoms with Crippen LogP contribution in [0.4, 0.5) is 0 Å². The van der Waals surface area contributed by atoms with E-state index in [0.29, 0.717) is 17.5 Å². The van der Waals surface area contributed by atoms with Gasteiger partial charge in [0.1, 0.15) is 0 Å². The maximum absolute atomic E-state index is 5.31. The van der Waals surface area contributed by atoms with Crippen LogP contribution >= 0.6 is 0 Å². The third kappa shape index (κ3) is 5.85. The van der Waals surface area contributed by atoms with Gasteiger partial charge in [-0.1, -0.05) is 146 Å². The van der Waals surface area contributed by atoms with Crippen molar-refractivity contribution in [2.75, 3.05) is 0 Å². The van der Waals surface area contributed by atoms with Crippen LogP contribution in [-0.2, 0) is 0 Å². The summed E-state index contributed by atoms with van der Waals surface area (Å²) in [5.74, 6) is 1.77. The van der Waals surface area contributed by atoms with Gasteiger partial charge in [0, 0.05) is 66.1 Å². The van der Waals surface area contributed by atoms with Crippen molar-refractivity contribution in [3.8, 4) is 51.2 Å². The molecule has 65 heavy (non-hydrogen) atoms. The van der Waals surface area contributed by atoms with Gasteiger partial charge < -0.3 is 13.7 Å². The lowest BCUT2D eigenvalue weighted by atomic mass is 10.1. The van der Waals surface area contributed by atoms with Gasteiger partial charge in [-0.2, -0.15) is 0 Å². The number of benzene rings is 9. The van der Waals surface area contributed by atoms with E-state index >= 15 is 0 Å². The SMILES string of the molecule is C=Cc1ccc2c(c1)c1ccccc1n2-c1cccc(-c2nc(-c3cccc(-n4c5ccccc5c5ccccc54)c3)nc(-c3cccc(-n4c5ccccc5c5ccccc54)c3)n2)c1. The molecular formula is C59H38N6. The van der Waals surface area contributed by atoms with Crippen LogP contribution < -0.4 is 0 Å². The molecular weight excluding hydrogens is 793 g/mol. The average Bonchev–Trinajstić information content (AvgIpc) is 4.02. The summed E-state index contributed by atoms with van der Waals surface area (Å²) in [6.07, 6.45) is 1.90. The van der Waals surface area contributed by atoms with Crippen LogP contribution in [0.3, 0.4) is 0 Å². The van der Waals surface area contributed by atoms with Gasteiger partial charge in [0.05, 0.1) is 33.1 Å². The van der Waals surface area contributed by atoms with Crippen LogP contribution in [-0.4, -0.2) is 28.7 Å². The second-order valence-corrected chi connectivity index (χ2v) is 16.5. The van der Waals surface area contributed by atoms with Crippen LogP contribution in [0.15, 0.2) is 219 Å². The van der Waals surface area contributed by atoms with Crippen molar-refractivity contribution in [1.82, 2.24) is 28.7 Å². The summed E-state index contributed by atoms with van der Waals surface area (Å²) in [5.41, 5.74) is 13.7. The van der Waals surface area contributed by atoms with Crippen molar-refractivity contribution >= 4 is 71.5 Å². The molecule has 0 aliphatic carbocycles. The van der Waals surface area contributed by atoms with Crippen LogP contribution in [0.25, 0.3) is 123 Å². The third-order valence-electron chi connectivity index (χ3n) is 12.8. The Bertz CT molecular complexity index is 3770. The highest BCUT2D eigenvalue weighted by Gasteiger charge is 2.19. The maximum Gasteiger partial charge on any atom is 0.164 e. The van der Waals surface area contributed by atoms with E-state index in [2.05, 4.69) is 233 Å². The molecule has 0 saturated heterocycles. The molecule has 0 radical (unpaired) electrons. The number of fused-ring (bicyclic) bond motifs is 9. The monoisotopic (exact) mass is 830 g/mol. The largest absolute Gasteiger partial charge is 0.309 e. The number of aromatic nitrogens is 6. The molecule has 4 aromatic heterocycles. The molecule has 6 nitrogen and oxygen atoms in total. The summed E-state index contributed by atoms with van der Waals surface area (Å²) in [4.78, 5) is 15.9. The predicted molar refractivity (Wildman–Crippen MR) is 269 cm³/mol. The minimum atomic E-state index is 0.589. The molecule has 0 atom stereocenters. The van der Waals surface area contributed by atoms with E-state index in [1.807, 2.05) is 6.08 Å². The van der Waals surface area contributed by atoms with Gasteiger partial charge in [-0.25, -0.2) is 15.0 Å². The molecule has 0 unspecified atom stereocenters. The van der Waals surface area contributed by atoms with Crippen molar-refractivity contribution in [1.29, 1.82) is 0 Å². The van der Waals surface area contributed by atoms with Gasteiger partial charge in [0.2, 0.25) is 0 Å². The molecule has 304 valence electrons. The third-order valence-corrected chi connectivity index (χ3v) is 12.8. The first-order valence-electron chi connectivity index (χ1n) is 21.9. The predicted octanol–water partition coefficient (Wildman–Crippen LogP) is 14.8. The zero-order valence-electron chi connectivity index (χ0n) is 35.2. The maximum atomic E-state index is 5.31. The van der Waals surface area contributed by atoms with Crippen molar-refractivity contribution in [3.05, 3.63) is 224 Å². The standard InChI is InChI=1S/C59H38N6/c1-2-38-32-33-56-50(34-38)49-26-7-12-31-55(49)65(56)44-21-15-18-41(37-44)59-61-57(39-16-13-19-42(35-39)63-51-27-8-3-22-45(51)46-23-4-9-28-52(46)63)60-58(62-59)40-17-14-20-43(36-40)64-53-29-10-5-24-47(53)48-25-6-11-30-54(48)64/h2-37H,1H2. The fourth-order valence-corrected chi connectivity index (χ4v) is 9.91. The second-order valence-electron chi connectivity index (χ2n) is 16.5. The molecule has 0 saturated carbocycles. The number of hydrogen-bond acceptors (Lipinski definition) is 3. The van der Waals surface area contributed by atoms with E-state index in [-0.39, 0.29) is 0 Å². The number of hydrogen-bond donors (Lipinski definition) is 0. The molecule has 13 aromatic rings. The lowest BCUT2D eigenvalue weighted by Gasteiger charge is -2.13. The van der Waals surface area contributed by atoms with Gasteiger partial charge in [-0.3, -0.25) is 0 Å². The Morgan fingerprint density at radius 2 is 0.600 bits per heavy atom. The molecule has 9 aromatic carbocycles. The first kappa shape index (κ1) is 36.8. The Morgan fingerprint density at radius 3 is 0.938 bits per heavy atom. The highest BCUT2D eigenvalue weighted by molar-refractivity contribution is 6.11. The summed E-state index contributed by atoms with van der Waals surface area (Å²) in [7, 11) is 0. The van der Waals surface area contributed by atoms with Crippen molar-refractivity contribution in [3.63, 3.8) is 0 Å². The fourth-order valence-electron chi connectivity index (χ4n) is 9.91. The number of rotatable bonds is 7. The summed E-state index contributed by atoms with van der Waals surface area (Å²) in [5, 5.41) is 7.22. The smallest absolute Gasteiger partial charge is 0.164 e. The molecule has 0 amide bonds. The van der Waals surface area contributed by atoms with Crippen molar-refractivity contribution < 1.29 is 0 Å². The Morgan fingerprint density at radius 1 is 0.292 bits per heavy atom. The van der Waals surface area contributed by atoms with Gasteiger partial charge in [0.15, 0.2) is 17.5 Å². The lowest BCUT2D eigenvalue weighted by molar-refractivity contribution is 1.07. The van der Waals surface area contributed by atoms with Crippen LogP contribution in [0.5, 0.6) is 0 Å². The van der Waals surface area contributed by atoms with E-state index in [1.165, 1.54) is 32.3 Å². The van der Waals surface area contributed by atoms with Crippen LogP contribution in [0, 0.1) is 0 Å². The van der Waals surface area contributed by atoms with Crippen molar-refractivity contribution in [2.45, 2.75) is 0 Å². The highest BCUT2D eigenvalue weighted by atomic mass is 15.0. The summed E-state index contributed by atoms with van der Waals surface area (Å²) in [6.45, 7) is 4.04. The normalized spacial score (nSPS) is 11.8. The summed E-state index contributed by atoms with van der Waals surface area (Å²) >= 11 is 0. The summed E-state index contributed by atoms with van der Waals surface area (Å²) in [6, 6.07) is 75.1. The Balaban J connectivity index is 1.01. The van der Waals surface area contributed by atoms with Gasteiger partial charge >= 0.3 is 0 Å². The minimum absolute atomic E-state index is 0.589. The first-order chi connectivity index (χ1) is 32.2. The number of nitrogens with zero attached hydrogens (tertiary/aromatic N) is 6. The molecule has 6 heteroatoms. The van der Waals surface area contributed by atoms with E-state index < -0.39 is 0 Å². The average molecular weight is 831 g/mol. The zero-order valence-corrected chi connectivity index (χ0v) is 35.2. The molecule has 4 heterocycles. The molecule has 0 fully saturated rings. The van der Waals surface area contributed by atoms with E-state index in [1.54, 1.807) is 0 Å². The van der Waals surface area contributed by atoms with Gasteiger partial charge in [-0.05, 0) is 84.4 Å². The topological polar surface area (TPSA) is 53.5 Å². The first-order valence-corrected chi connectivity index (χ1v) is 21.9. The van der Waals surface area contributed by atoms with E-state index in [4.69, 9.17) is 15.0 Å². The quantitative estimate of drug-likeness (QED) is 0.161. The molecule has 0 aliphatic heterocycles. The van der Waals surface area contributed by atoms with Gasteiger partial charge in [-0.15, -0.1) is 0 Å². The minimum Gasteiger partial charge on any atom is -0.309 e. The summed E-state index contributed by atoms with van der Waals surface area (Å²) < 4.78 is 6.99. The van der Waals surface area contributed by atoms with E-state index in [0.717, 1.165) is 72.4 Å². The Kier molecular flexibility index (Phi) is 8.26. The van der Waals surface area contributed by atoms with Crippen LogP contribution in [0.1, 0.15) is 5.56 Å². The molecule has 0 aliphatic rings. The van der Waals surface area contributed by atoms with Crippen LogP contribution in [0.2, 0.25) is 0 Å². The lowest BCUT2D eigenvalue weighted by Crippen LogP contribution is -2.02. The Hall–Kier alpha value is -8.87. The molecule has 13 rings (SSSR count). The van der Waals surface area contributed by atoms with E-state index in [9.17, 15) is 0 Å². The van der Waals surface area contributed by atoms with Gasteiger partial charge in [0.25, 0.3) is 0 Å². The highest BCUT2D eigenvalue weighted by Crippen LogP contribution is 2.37. The second kappa shape index (κ2) is 14.6. The Labute approximate surface area is 374 Å². The van der Waals surface area contributed by atoms with Crippen molar-refractivity contribution in [2.24, 2.45) is 0 Å². The number of para-hydroxylation sites is 5. The fraction of sp³-hybridized carbons (Fsp3) is 0. The molecule has 0 bridgehead atoms. The zero-order chi connectivity index (χ0) is 43.0. The molecule has 0 N–H and O–H groups in total.